The molecule has 0 spiro atoms. The van der Waals surface area contributed by atoms with Gasteiger partial charge in [0, 0.05) is 51.5 Å². The molecule has 0 aliphatic carbocycles. The van der Waals surface area contributed by atoms with Gasteiger partial charge in [-0.15, -0.1) is 0 Å². The highest BCUT2D eigenvalue weighted by atomic mass is 15.1. The van der Waals surface area contributed by atoms with Gasteiger partial charge in [0.15, 0.2) is 0 Å². The number of hydrogen-bond acceptors (Lipinski definition) is 13. The van der Waals surface area contributed by atoms with Crippen molar-refractivity contribution in [1.29, 1.82) is 0 Å². The van der Waals surface area contributed by atoms with E-state index in [-0.39, 0.29) is 0 Å². The summed E-state index contributed by atoms with van der Waals surface area (Å²) in [6.07, 6.45) is 0. The number of rotatable bonds is 7. The normalized spacial score (nSPS) is 10.9. The molecule has 7 aromatic rings. The molecule has 13 nitrogen and oxygen atoms in total. The second-order valence-electron chi connectivity index (χ2n) is 25.4. The summed E-state index contributed by atoms with van der Waals surface area (Å²) in [5.41, 5.74) is 30.7. The summed E-state index contributed by atoms with van der Waals surface area (Å²) in [4.78, 5) is 39.9. The van der Waals surface area contributed by atoms with Crippen molar-refractivity contribution in [2.24, 2.45) is 0 Å². The maximum atomic E-state index is 4.63. The summed E-state index contributed by atoms with van der Waals surface area (Å²) in [6.45, 7) is 75.5. The van der Waals surface area contributed by atoms with Crippen LogP contribution < -0.4 is 0 Å². The molecule has 0 aliphatic heterocycles. The van der Waals surface area contributed by atoms with Crippen LogP contribution in [0.1, 0.15) is 303 Å². The summed E-state index contributed by atoms with van der Waals surface area (Å²) in [6, 6.07) is 0. The highest BCUT2D eigenvalue weighted by Crippen LogP contribution is 2.25. The van der Waals surface area contributed by atoms with Crippen molar-refractivity contribution in [2.75, 3.05) is 0 Å². The molecule has 0 N–H and O–H groups in total. The lowest BCUT2D eigenvalue weighted by Crippen LogP contribution is -2.03. The van der Waals surface area contributed by atoms with Crippen molar-refractivity contribution < 1.29 is 0 Å². The summed E-state index contributed by atoms with van der Waals surface area (Å²) in [5.74, 6) is 6.04. The number of aryl methyl sites for hydroxylation is 12. The van der Waals surface area contributed by atoms with E-state index in [1.54, 1.807) is 0 Å². The van der Waals surface area contributed by atoms with Gasteiger partial charge < -0.3 is 0 Å². The smallest absolute Gasteiger partial charge is 0.131 e. The minimum Gasteiger partial charge on any atom is -0.257 e. The zero-order valence-corrected chi connectivity index (χ0v) is 60.4. The van der Waals surface area contributed by atoms with E-state index in [2.05, 4.69) is 238 Å². The Kier molecular flexibility index (Phi) is 31.3. The van der Waals surface area contributed by atoms with Crippen molar-refractivity contribution >= 4 is 0 Å². The average Bonchev–Trinajstić information content (AvgIpc) is 3.56. The SMILES string of the molecule is Cc1nc(C(C)C)c(C)c(C)c1C.Cc1nc(C(C)C)nc(C)c1C.Cc1nc(C)c(C(C)C)nc1C.Cc1nc(C)c(C)c(C(C)C)n1.Cc1nc(C)c(C)c(C(C)C)n1.Cc1nnc(C(C)C)c(C)c1C.Cc1nnc(C(C)C)c(C)c1C. The van der Waals surface area contributed by atoms with Gasteiger partial charge in [-0.2, -0.15) is 20.4 Å². The topological polar surface area (TPSA) is 168 Å². The Morgan fingerprint density at radius 3 is 0.765 bits per heavy atom. The predicted molar refractivity (Wildman–Crippen MR) is 359 cm³/mol. The van der Waals surface area contributed by atoms with Crippen LogP contribution in [-0.2, 0) is 0 Å². The molecule has 0 saturated carbocycles. The van der Waals surface area contributed by atoms with E-state index in [0.29, 0.717) is 41.4 Å². The van der Waals surface area contributed by atoms with Crippen molar-refractivity contribution in [3.63, 3.8) is 0 Å². The lowest BCUT2D eigenvalue weighted by atomic mass is 9.97. The van der Waals surface area contributed by atoms with Crippen molar-refractivity contribution in [1.82, 2.24) is 65.3 Å². The van der Waals surface area contributed by atoms with Crippen LogP contribution in [0.25, 0.3) is 0 Å². The predicted octanol–water partition coefficient (Wildman–Crippen LogP) is 18.6. The third-order valence-electron chi connectivity index (χ3n) is 16.0. The Morgan fingerprint density at radius 2 is 0.435 bits per heavy atom. The second-order valence-corrected chi connectivity index (χ2v) is 25.4. The minimum atomic E-state index is 0.419. The standard InChI is InChI=1S/C12H19N.6C10H16N2/c1-7(2)12-10(5)8(3)9(4)11(6)13-12;1-6(2)10-9(5)11-7(3)8(4)12-10;2*1-6(2)10-7(3)8(4)11-9(5)12-10;1-6(2)10-11-8(4)7(3)9(5)12-10;2*1-6(2)10-8(4)7(3)9(5)11-12-10/h7H,1-6H3;6*6H,1-5H3. The maximum Gasteiger partial charge on any atom is 0.131 e. The largest absolute Gasteiger partial charge is 0.257 e. The van der Waals surface area contributed by atoms with E-state index in [9.17, 15) is 0 Å². The Morgan fingerprint density at radius 1 is 0.165 bits per heavy atom. The highest BCUT2D eigenvalue weighted by molar-refractivity contribution is 5.39. The molecule has 7 heterocycles. The number of nitrogens with zero attached hydrogens (tertiary/aromatic N) is 13. The average molecular weight is 1160 g/mol. The Hall–Kier alpha value is -6.37. The fraction of sp³-hybridized carbons (Fsp3) is 0.597. The minimum absolute atomic E-state index is 0.419. The van der Waals surface area contributed by atoms with Crippen LogP contribution in [0.4, 0.5) is 0 Å². The Labute approximate surface area is 517 Å². The second kappa shape index (κ2) is 34.7. The van der Waals surface area contributed by atoms with Crippen LogP contribution in [0.5, 0.6) is 0 Å². The van der Waals surface area contributed by atoms with Gasteiger partial charge in [-0.25, -0.2) is 29.9 Å². The lowest BCUT2D eigenvalue weighted by Gasteiger charge is -2.15. The number of pyridine rings is 1. The van der Waals surface area contributed by atoms with Gasteiger partial charge in [0.05, 0.1) is 45.6 Å². The molecule has 0 atom stereocenters. The zero-order valence-electron chi connectivity index (χ0n) is 60.4. The van der Waals surface area contributed by atoms with Crippen molar-refractivity contribution in [3.05, 3.63) is 164 Å². The van der Waals surface area contributed by atoms with Crippen LogP contribution in [0.3, 0.4) is 0 Å². The van der Waals surface area contributed by atoms with Crippen LogP contribution in [-0.4, -0.2) is 65.3 Å². The molecule has 7 rings (SSSR count). The number of aromatic nitrogens is 13. The van der Waals surface area contributed by atoms with E-state index in [1.165, 1.54) is 78.4 Å². The van der Waals surface area contributed by atoms with Gasteiger partial charge in [-0.3, -0.25) is 15.0 Å². The molecule has 0 amide bonds. The fourth-order valence-corrected chi connectivity index (χ4v) is 9.29. The van der Waals surface area contributed by atoms with Gasteiger partial charge in [-0.05, 0) is 243 Å². The first-order chi connectivity index (χ1) is 39.1. The zero-order chi connectivity index (χ0) is 66.0. The molecule has 0 fully saturated rings. The van der Waals surface area contributed by atoms with E-state index in [4.69, 9.17) is 0 Å². The van der Waals surface area contributed by atoms with Gasteiger partial charge in [0.25, 0.3) is 0 Å². The van der Waals surface area contributed by atoms with Crippen LogP contribution >= 0.6 is 0 Å². The van der Waals surface area contributed by atoms with E-state index < -0.39 is 0 Å². The summed E-state index contributed by atoms with van der Waals surface area (Å²) < 4.78 is 0. The molecule has 0 radical (unpaired) electrons. The van der Waals surface area contributed by atoms with Crippen LogP contribution in [0.2, 0.25) is 0 Å². The van der Waals surface area contributed by atoms with Gasteiger partial charge >= 0.3 is 0 Å². The number of hydrogen-bond donors (Lipinski definition) is 0. The van der Waals surface area contributed by atoms with Crippen LogP contribution in [0.15, 0.2) is 0 Å². The molecule has 468 valence electrons. The van der Waals surface area contributed by atoms with Crippen LogP contribution in [0, 0.1) is 152 Å². The quantitative estimate of drug-likeness (QED) is 0.148. The van der Waals surface area contributed by atoms with Gasteiger partial charge in [-0.1, -0.05) is 96.9 Å². The fourth-order valence-electron chi connectivity index (χ4n) is 9.29. The molecule has 0 saturated heterocycles. The van der Waals surface area contributed by atoms with Crippen molar-refractivity contribution in [2.45, 2.75) is 291 Å². The first-order valence-corrected chi connectivity index (χ1v) is 30.9. The maximum absolute atomic E-state index is 4.63. The summed E-state index contributed by atoms with van der Waals surface area (Å²) in [5, 5.41) is 16.6. The monoisotopic (exact) mass is 1160 g/mol. The molecular formula is C72H115N13. The molecular weight excluding hydrogens is 1050 g/mol. The Bertz CT molecular complexity index is 3140. The molecule has 0 aromatic carbocycles. The third kappa shape index (κ3) is 22.8. The Balaban J connectivity index is 0.000000496. The summed E-state index contributed by atoms with van der Waals surface area (Å²) in [7, 11) is 0. The van der Waals surface area contributed by atoms with Gasteiger partial charge in [0.1, 0.15) is 17.5 Å². The molecule has 7 aromatic heterocycles. The lowest BCUT2D eigenvalue weighted by molar-refractivity contribution is 0.753. The molecule has 85 heavy (non-hydrogen) atoms. The highest BCUT2D eigenvalue weighted by Gasteiger charge is 2.15. The molecule has 0 bridgehead atoms. The first kappa shape index (κ1) is 76.6. The molecule has 0 unspecified atom stereocenters. The first-order valence-electron chi connectivity index (χ1n) is 30.9. The van der Waals surface area contributed by atoms with E-state index in [0.717, 1.165) is 85.8 Å². The summed E-state index contributed by atoms with van der Waals surface area (Å²) >= 11 is 0. The van der Waals surface area contributed by atoms with Gasteiger partial charge in [0.2, 0.25) is 0 Å². The third-order valence-corrected chi connectivity index (χ3v) is 16.0. The van der Waals surface area contributed by atoms with Crippen molar-refractivity contribution in [3.8, 4) is 0 Å². The van der Waals surface area contributed by atoms with E-state index >= 15 is 0 Å². The molecule has 13 heteroatoms. The molecule has 0 aliphatic rings. The van der Waals surface area contributed by atoms with E-state index in [1.807, 2.05) is 76.2 Å².